The maximum absolute atomic E-state index is 13.2. The molecule has 0 aromatic heterocycles. The van der Waals surface area contributed by atoms with Gasteiger partial charge in [0.05, 0.1) is 6.61 Å². The molecule has 6 heteroatoms. The molecule has 0 bridgehead atoms. The summed E-state index contributed by atoms with van der Waals surface area (Å²) in [5.74, 6) is -8.11. The van der Waals surface area contributed by atoms with Crippen molar-refractivity contribution in [2.45, 2.75) is 13.8 Å². The van der Waals surface area contributed by atoms with Crippen LogP contribution in [0.2, 0.25) is 0 Å². The standard InChI is InChI=1S/C10H8F4O2/c1-3-16-10(15)5-8(13)6(11)4(2)7(12)9(5)14/h3H2,1-2H3. The Morgan fingerprint density at radius 2 is 1.50 bits per heavy atom. The Labute approximate surface area is 88.8 Å². The Bertz CT molecular complexity index is 414. The molecule has 0 aliphatic carbocycles. The summed E-state index contributed by atoms with van der Waals surface area (Å²) in [6.07, 6.45) is 0. The van der Waals surface area contributed by atoms with Gasteiger partial charge in [0.15, 0.2) is 23.3 Å². The summed E-state index contributed by atoms with van der Waals surface area (Å²) in [4.78, 5) is 11.1. The van der Waals surface area contributed by atoms with Crippen LogP contribution in [0.5, 0.6) is 0 Å². The van der Waals surface area contributed by atoms with E-state index in [4.69, 9.17) is 0 Å². The molecule has 0 unspecified atom stereocenters. The number of hydrogen-bond donors (Lipinski definition) is 0. The lowest BCUT2D eigenvalue weighted by molar-refractivity contribution is 0.0512. The maximum Gasteiger partial charge on any atom is 0.344 e. The molecule has 0 saturated carbocycles. The highest BCUT2D eigenvalue weighted by molar-refractivity contribution is 5.90. The zero-order chi connectivity index (χ0) is 12.5. The van der Waals surface area contributed by atoms with E-state index >= 15 is 0 Å². The molecular formula is C10H8F4O2. The molecule has 0 aliphatic heterocycles. The Hall–Kier alpha value is -1.59. The summed E-state index contributed by atoms with van der Waals surface area (Å²) in [7, 11) is 0. The molecule has 0 radical (unpaired) electrons. The second-order valence-corrected chi connectivity index (χ2v) is 2.98. The fourth-order valence-electron chi connectivity index (χ4n) is 1.12. The largest absolute Gasteiger partial charge is 0.462 e. The number of rotatable bonds is 2. The van der Waals surface area contributed by atoms with Crippen LogP contribution in [-0.4, -0.2) is 12.6 Å². The van der Waals surface area contributed by atoms with E-state index in [1.807, 2.05) is 0 Å². The van der Waals surface area contributed by atoms with Crippen LogP contribution in [0.25, 0.3) is 0 Å². The predicted molar refractivity (Wildman–Crippen MR) is 47.0 cm³/mol. The molecule has 0 spiro atoms. The van der Waals surface area contributed by atoms with Crippen molar-refractivity contribution in [2.75, 3.05) is 6.61 Å². The van der Waals surface area contributed by atoms with Crippen molar-refractivity contribution >= 4 is 5.97 Å². The van der Waals surface area contributed by atoms with Crippen molar-refractivity contribution in [3.05, 3.63) is 34.4 Å². The second kappa shape index (κ2) is 4.51. The monoisotopic (exact) mass is 236 g/mol. The first-order valence-electron chi connectivity index (χ1n) is 4.41. The SMILES string of the molecule is CCOC(=O)c1c(F)c(F)c(C)c(F)c1F. The summed E-state index contributed by atoms with van der Waals surface area (Å²) in [6.45, 7) is 2.11. The van der Waals surface area contributed by atoms with E-state index in [9.17, 15) is 22.4 Å². The Kier molecular flexibility index (Phi) is 3.51. The third kappa shape index (κ3) is 1.87. The highest BCUT2D eigenvalue weighted by Crippen LogP contribution is 2.23. The molecule has 0 saturated heterocycles. The van der Waals surface area contributed by atoms with Crippen molar-refractivity contribution in [3.63, 3.8) is 0 Å². The summed E-state index contributed by atoms with van der Waals surface area (Å²) in [5.41, 5.74) is -2.16. The summed E-state index contributed by atoms with van der Waals surface area (Å²) in [5, 5.41) is 0. The number of halogens is 4. The molecule has 0 aliphatic rings. The minimum absolute atomic E-state index is 0.158. The number of esters is 1. The van der Waals surface area contributed by atoms with Crippen molar-refractivity contribution in [2.24, 2.45) is 0 Å². The van der Waals surface area contributed by atoms with Crippen molar-refractivity contribution < 1.29 is 27.1 Å². The maximum atomic E-state index is 13.2. The smallest absolute Gasteiger partial charge is 0.344 e. The first kappa shape index (κ1) is 12.5. The molecule has 88 valence electrons. The van der Waals surface area contributed by atoms with Crippen LogP contribution in [0.4, 0.5) is 17.6 Å². The van der Waals surface area contributed by atoms with E-state index in [-0.39, 0.29) is 6.61 Å². The highest BCUT2D eigenvalue weighted by atomic mass is 19.2. The highest BCUT2D eigenvalue weighted by Gasteiger charge is 2.28. The Balaban J connectivity index is 3.45. The summed E-state index contributed by atoms with van der Waals surface area (Å²) < 4.78 is 56.8. The normalized spacial score (nSPS) is 10.4. The topological polar surface area (TPSA) is 26.3 Å². The molecule has 2 nitrogen and oxygen atoms in total. The molecule has 0 N–H and O–H groups in total. The third-order valence-corrected chi connectivity index (χ3v) is 1.96. The number of benzene rings is 1. The average molecular weight is 236 g/mol. The molecule has 1 aromatic rings. The van der Waals surface area contributed by atoms with Crippen LogP contribution in [0.1, 0.15) is 22.8 Å². The molecule has 1 rings (SSSR count). The van der Waals surface area contributed by atoms with Crippen LogP contribution >= 0.6 is 0 Å². The van der Waals surface area contributed by atoms with Gasteiger partial charge in [0.1, 0.15) is 5.56 Å². The molecule has 0 amide bonds. The molecular weight excluding hydrogens is 228 g/mol. The van der Waals surface area contributed by atoms with Crippen molar-refractivity contribution in [1.82, 2.24) is 0 Å². The number of hydrogen-bond acceptors (Lipinski definition) is 2. The molecule has 0 atom stereocenters. The lowest BCUT2D eigenvalue weighted by atomic mass is 10.1. The zero-order valence-corrected chi connectivity index (χ0v) is 8.54. The Morgan fingerprint density at radius 1 is 1.06 bits per heavy atom. The van der Waals surface area contributed by atoms with E-state index in [0.29, 0.717) is 0 Å². The van der Waals surface area contributed by atoms with Gasteiger partial charge in [-0.15, -0.1) is 0 Å². The fraction of sp³-hybridized carbons (Fsp3) is 0.300. The van der Waals surface area contributed by atoms with Gasteiger partial charge < -0.3 is 4.74 Å². The molecule has 1 aromatic carbocycles. The van der Waals surface area contributed by atoms with E-state index in [2.05, 4.69) is 4.74 Å². The average Bonchev–Trinajstić information content (AvgIpc) is 2.24. The van der Waals surface area contributed by atoms with Crippen LogP contribution in [0, 0.1) is 30.2 Å². The van der Waals surface area contributed by atoms with Gasteiger partial charge in [0.2, 0.25) is 0 Å². The van der Waals surface area contributed by atoms with E-state index in [0.717, 1.165) is 6.92 Å². The molecule has 16 heavy (non-hydrogen) atoms. The van der Waals surface area contributed by atoms with Gasteiger partial charge >= 0.3 is 5.97 Å². The van der Waals surface area contributed by atoms with Gasteiger partial charge in [-0.05, 0) is 13.8 Å². The first-order valence-corrected chi connectivity index (χ1v) is 4.41. The quantitative estimate of drug-likeness (QED) is 0.448. The van der Waals surface area contributed by atoms with Gasteiger partial charge in [-0.25, -0.2) is 22.4 Å². The van der Waals surface area contributed by atoms with E-state index < -0.39 is 40.4 Å². The Morgan fingerprint density at radius 3 is 1.88 bits per heavy atom. The van der Waals surface area contributed by atoms with Gasteiger partial charge in [0.25, 0.3) is 0 Å². The van der Waals surface area contributed by atoms with Gasteiger partial charge in [0, 0.05) is 5.56 Å². The predicted octanol–water partition coefficient (Wildman–Crippen LogP) is 2.73. The minimum Gasteiger partial charge on any atom is -0.462 e. The lowest BCUT2D eigenvalue weighted by Crippen LogP contribution is -2.14. The van der Waals surface area contributed by atoms with Gasteiger partial charge in [-0.2, -0.15) is 0 Å². The molecule has 0 heterocycles. The second-order valence-electron chi connectivity index (χ2n) is 2.98. The van der Waals surface area contributed by atoms with Crippen molar-refractivity contribution in [3.8, 4) is 0 Å². The first-order chi connectivity index (χ1) is 7.41. The van der Waals surface area contributed by atoms with E-state index in [1.165, 1.54) is 6.92 Å². The summed E-state index contributed by atoms with van der Waals surface area (Å²) >= 11 is 0. The number of ether oxygens (including phenoxy) is 1. The van der Waals surface area contributed by atoms with Crippen molar-refractivity contribution in [1.29, 1.82) is 0 Å². The molecule has 0 fully saturated rings. The van der Waals surface area contributed by atoms with Crippen LogP contribution in [0.3, 0.4) is 0 Å². The van der Waals surface area contributed by atoms with Crippen LogP contribution in [-0.2, 0) is 4.74 Å². The van der Waals surface area contributed by atoms with Gasteiger partial charge in [-0.3, -0.25) is 0 Å². The summed E-state index contributed by atoms with van der Waals surface area (Å²) in [6, 6.07) is 0. The van der Waals surface area contributed by atoms with Gasteiger partial charge in [-0.1, -0.05) is 0 Å². The number of carbonyl (C=O) groups is 1. The zero-order valence-electron chi connectivity index (χ0n) is 8.54. The lowest BCUT2D eigenvalue weighted by Gasteiger charge is -2.08. The number of carbonyl (C=O) groups excluding carboxylic acids is 1. The third-order valence-electron chi connectivity index (χ3n) is 1.96. The minimum atomic E-state index is -1.74. The van der Waals surface area contributed by atoms with Crippen LogP contribution in [0.15, 0.2) is 0 Å². The van der Waals surface area contributed by atoms with Crippen LogP contribution < -0.4 is 0 Å². The fourth-order valence-corrected chi connectivity index (χ4v) is 1.12. The van der Waals surface area contributed by atoms with E-state index in [1.54, 1.807) is 0 Å².